The molecule has 0 aliphatic carbocycles. The van der Waals surface area contributed by atoms with Gasteiger partial charge in [0.25, 0.3) is 0 Å². The first-order valence-electron chi connectivity index (χ1n) is 7.47. The van der Waals surface area contributed by atoms with Gasteiger partial charge < -0.3 is 15.0 Å². The van der Waals surface area contributed by atoms with Gasteiger partial charge in [-0.25, -0.2) is 4.39 Å². The number of nitrogens with one attached hydrogen (secondary N) is 1. The first-order valence-corrected chi connectivity index (χ1v) is 7.47. The fourth-order valence-corrected chi connectivity index (χ4v) is 2.85. The van der Waals surface area contributed by atoms with E-state index in [4.69, 9.17) is 4.74 Å². The summed E-state index contributed by atoms with van der Waals surface area (Å²) in [5, 5.41) is 3.04. The normalized spacial score (nSPS) is 20.1. The summed E-state index contributed by atoms with van der Waals surface area (Å²) in [4.78, 5) is 2.39. The van der Waals surface area contributed by atoms with Gasteiger partial charge in [-0.3, -0.25) is 0 Å². The van der Waals surface area contributed by atoms with Crippen LogP contribution >= 0.6 is 0 Å². The molecule has 112 valence electrons. The van der Waals surface area contributed by atoms with Crippen LogP contribution in [0, 0.1) is 5.82 Å². The van der Waals surface area contributed by atoms with Crippen LogP contribution in [0.2, 0.25) is 0 Å². The Morgan fingerprint density at radius 3 is 3.00 bits per heavy atom. The molecule has 2 rings (SSSR count). The average Bonchev–Trinajstić information content (AvgIpc) is 2.44. The molecule has 1 unspecified atom stereocenters. The lowest BCUT2D eigenvalue weighted by Crippen LogP contribution is -2.37. The third kappa shape index (κ3) is 3.93. The highest BCUT2D eigenvalue weighted by atomic mass is 19.1. The van der Waals surface area contributed by atoms with Crippen molar-refractivity contribution >= 4 is 0 Å². The highest BCUT2D eigenvalue weighted by Crippen LogP contribution is 2.24. The minimum absolute atomic E-state index is 0.269. The lowest BCUT2D eigenvalue weighted by Gasteiger charge is -2.32. The van der Waals surface area contributed by atoms with Crippen LogP contribution in [-0.2, 0) is 6.54 Å². The topological polar surface area (TPSA) is 24.5 Å². The number of benzene rings is 1. The number of ether oxygens (including phenoxy) is 1. The van der Waals surface area contributed by atoms with Gasteiger partial charge in [-0.15, -0.1) is 0 Å². The molecule has 1 fully saturated rings. The number of likely N-dealkylation sites (tertiary alicyclic amines) is 1. The van der Waals surface area contributed by atoms with E-state index in [2.05, 4.69) is 17.3 Å². The smallest absolute Gasteiger partial charge is 0.165 e. The van der Waals surface area contributed by atoms with E-state index in [0.717, 1.165) is 18.5 Å². The van der Waals surface area contributed by atoms with Crippen molar-refractivity contribution < 1.29 is 9.13 Å². The zero-order valence-electron chi connectivity index (χ0n) is 12.5. The number of nitrogens with zero attached hydrogens (tertiary/aromatic N) is 1. The van der Waals surface area contributed by atoms with Crippen molar-refractivity contribution in [1.29, 1.82) is 0 Å². The van der Waals surface area contributed by atoms with Crippen LogP contribution in [0.15, 0.2) is 18.2 Å². The lowest BCUT2D eigenvalue weighted by molar-refractivity contribution is 0.151. The van der Waals surface area contributed by atoms with Gasteiger partial charge in [0.1, 0.15) is 0 Å². The molecule has 1 aromatic rings. The number of rotatable bonds is 6. The van der Waals surface area contributed by atoms with Crippen LogP contribution in [0.4, 0.5) is 4.39 Å². The fourth-order valence-electron chi connectivity index (χ4n) is 2.85. The van der Waals surface area contributed by atoms with Crippen LogP contribution in [0.3, 0.4) is 0 Å². The molecular formula is C16H25FN2O. The summed E-state index contributed by atoms with van der Waals surface area (Å²) < 4.78 is 19.6. The van der Waals surface area contributed by atoms with Gasteiger partial charge >= 0.3 is 0 Å². The van der Waals surface area contributed by atoms with Crippen LogP contribution in [0.5, 0.6) is 5.75 Å². The Bertz CT molecular complexity index is 425. The van der Waals surface area contributed by atoms with Crippen molar-refractivity contribution in [2.75, 3.05) is 27.2 Å². The molecule has 0 aromatic heterocycles. The molecule has 0 amide bonds. The standard InChI is InChI=1S/C16H25FN2O/c1-18-12-13-6-5-8-15(17)16(13)20-11-9-14-7-3-4-10-19(14)2/h5-6,8,14,18H,3-4,7,9-12H2,1-2H3. The molecule has 1 aromatic carbocycles. The summed E-state index contributed by atoms with van der Waals surface area (Å²) >= 11 is 0. The quantitative estimate of drug-likeness (QED) is 0.867. The van der Waals surface area contributed by atoms with E-state index in [1.165, 1.54) is 25.3 Å². The summed E-state index contributed by atoms with van der Waals surface area (Å²) in [7, 11) is 4.02. The van der Waals surface area contributed by atoms with Gasteiger partial charge in [-0.1, -0.05) is 18.6 Å². The van der Waals surface area contributed by atoms with Crippen molar-refractivity contribution in [3.05, 3.63) is 29.6 Å². The van der Waals surface area contributed by atoms with Gasteiger partial charge in [-0.05, 0) is 46.0 Å². The summed E-state index contributed by atoms with van der Waals surface area (Å²) in [5.41, 5.74) is 0.879. The fraction of sp³-hybridized carbons (Fsp3) is 0.625. The van der Waals surface area contributed by atoms with Crippen molar-refractivity contribution in [2.24, 2.45) is 0 Å². The molecule has 0 bridgehead atoms. The largest absolute Gasteiger partial charge is 0.490 e. The van der Waals surface area contributed by atoms with Crippen molar-refractivity contribution in [3.63, 3.8) is 0 Å². The minimum Gasteiger partial charge on any atom is -0.490 e. The van der Waals surface area contributed by atoms with Gasteiger partial charge in [-0.2, -0.15) is 0 Å². The maximum atomic E-state index is 13.9. The predicted molar refractivity (Wildman–Crippen MR) is 79.5 cm³/mol. The number of halogens is 1. The third-order valence-electron chi connectivity index (χ3n) is 4.03. The summed E-state index contributed by atoms with van der Waals surface area (Å²) in [6.45, 7) is 2.36. The second-order valence-corrected chi connectivity index (χ2v) is 5.53. The van der Waals surface area contributed by atoms with E-state index in [1.807, 2.05) is 13.1 Å². The van der Waals surface area contributed by atoms with Crippen LogP contribution in [0.1, 0.15) is 31.2 Å². The zero-order chi connectivity index (χ0) is 14.4. The van der Waals surface area contributed by atoms with E-state index in [-0.39, 0.29) is 5.82 Å². The van der Waals surface area contributed by atoms with E-state index in [1.54, 1.807) is 6.07 Å². The van der Waals surface area contributed by atoms with Crippen molar-refractivity contribution in [3.8, 4) is 5.75 Å². The molecule has 20 heavy (non-hydrogen) atoms. The second-order valence-electron chi connectivity index (χ2n) is 5.53. The van der Waals surface area contributed by atoms with Crippen LogP contribution < -0.4 is 10.1 Å². The Kier molecular flexibility index (Phi) is 5.80. The predicted octanol–water partition coefficient (Wildman–Crippen LogP) is 2.80. The van der Waals surface area contributed by atoms with E-state index in [9.17, 15) is 4.39 Å². The number of para-hydroxylation sites is 1. The SMILES string of the molecule is CNCc1cccc(F)c1OCCC1CCCCN1C. The molecule has 1 aliphatic heterocycles. The molecule has 1 saturated heterocycles. The van der Waals surface area contributed by atoms with Gasteiger partial charge in [0.2, 0.25) is 0 Å². The Hall–Kier alpha value is -1.13. The monoisotopic (exact) mass is 280 g/mol. The maximum Gasteiger partial charge on any atom is 0.165 e. The Morgan fingerprint density at radius 1 is 1.40 bits per heavy atom. The van der Waals surface area contributed by atoms with Gasteiger partial charge in [0.15, 0.2) is 11.6 Å². The van der Waals surface area contributed by atoms with Gasteiger partial charge in [0.05, 0.1) is 6.61 Å². The molecule has 0 saturated carbocycles. The first kappa shape index (κ1) is 15.3. The van der Waals surface area contributed by atoms with E-state index >= 15 is 0 Å². The Labute approximate surface area is 121 Å². The average molecular weight is 280 g/mol. The first-order chi connectivity index (χ1) is 9.72. The Balaban J connectivity index is 1.90. The van der Waals surface area contributed by atoms with Crippen LogP contribution in [0.25, 0.3) is 0 Å². The van der Waals surface area contributed by atoms with E-state index < -0.39 is 0 Å². The molecule has 1 atom stereocenters. The third-order valence-corrected chi connectivity index (χ3v) is 4.03. The van der Waals surface area contributed by atoms with Gasteiger partial charge in [0, 0.05) is 18.2 Å². The molecule has 1 aliphatic rings. The zero-order valence-corrected chi connectivity index (χ0v) is 12.5. The summed E-state index contributed by atoms with van der Waals surface area (Å²) in [5.74, 6) is 0.134. The van der Waals surface area contributed by atoms with Crippen molar-refractivity contribution in [1.82, 2.24) is 10.2 Å². The lowest BCUT2D eigenvalue weighted by atomic mass is 10.0. The van der Waals surface area contributed by atoms with E-state index in [0.29, 0.717) is 24.9 Å². The molecule has 1 N–H and O–H groups in total. The summed E-state index contributed by atoms with van der Waals surface area (Å²) in [6.07, 6.45) is 4.76. The molecular weight excluding hydrogens is 255 g/mol. The maximum absolute atomic E-state index is 13.9. The number of hydrogen-bond acceptors (Lipinski definition) is 3. The molecule has 1 heterocycles. The number of piperidine rings is 1. The molecule has 3 nitrogen and oxygen atoms in total. The molecule has 4 heteroatoms. The van der Waals surface area contributed by atoms with Crippen LogP contribution in [-0.4, -0.2) is 38.2 Å². The number of hydrogen-bond donors (Lipinski definition) is 1. The molecule has 0 spiro atoms. The minimum atomic E-state index is -0.269. The highest BCUT2D eigenvalue weighted by Gasteiger charge is 2.19. The highest BCUT2D eigenvalue weighted by molar-refractivity contribution is 5.34. The second kappa shape index (κ2) is 7.60. The molecule has 0 radical (unpaired) electrons. The van der Waals surface area contributed by atoms with Crippen molar-refractivity contribution in [2.45, 2.75) is 38.3 Å². The Morgan fingerprint density at radius 2 is 2.25 bits per heavy atom. The summed E-state index contributed by atoms with van der Waals surface area (Å²) in [6, 6.07) is 5.66.